The molecule has 7 nitrogen and oxygen atoms in total. The fourth-order valence-corrected chi connectivity index (χ4v) is 3.21. The molecular formula is C17H18N4O3. The Bertz CT molecular complexity index is 795. The summed E-state index contributed by atoms with van der Waals surface area (Å²) < 4.78 is 5.14. The largest absolute Gasteiger partial charge is 0.339 e. The van der Waals surface area contributed by atoms with Crippen LogP contribution < -0.4 is 0 Å². The molecule has 124 valence electrons. The molecule has 1 saturated heterocycles. The maximum atomic E-state index is 12.5. The van der Waals surface area contributed by atoms with Gasteiger partial charge in [-0.25, -0.2) is 0 Å². The van der Waals surface area contributed by atoms with Gasteiger partial charge in [-0.15, -0.1) is 0 Å². The zero-order valence-corrected chi connectivity index (χ0v) is 13.4. The minimum Gasteiger partial charge on any atom is -0.339 e. The Morgan fingerprint density at radius 2 is 2.12 bits per heavy atom. The highest BCUT2D eigenvalue weighted by molar-refractivity contribution is 5.98. The van der Waals surface area contributed by atoms with Crippen molar-refractivity contribution in [3.63, 3.8) is 0 Å². The lowest BCUT2D eigenvalue weighted by Gasteiger charge is -2.39. The normalized spacial score (nSPS) is 17.6. The molecule has 24 heavy (non-hydrogen) atoms. The Morgan fingerprint density at radius 1 is 1.33 bits per heavy atom. The van der Waals surface area contributed by atoms with Gasteiger partial charge in [0.15, 0.2) is 5.82 Å². The van der Waals surface area contributed by atoms with Crippen molar-refractivity contribution < 1.29 is 14.1 Å². The van der Waals surface area contributed by atoms with E-state index in [0.29, 0.717) is 36.9 Å². The van der Waals surface area contributed by atoms with Crippen LogP contribution in [0.15, 0.2) is 28.8 Å². The number of nitrogens with zero attached hydrogens (tertiary/aromatic N) is 4. The quantitative estimate of drug-likeness (QED) is 0.841. The van der Waals surface area contributed by atoms with Crippen molar-refractivity contribution >= 4 is 11.8 Å². The van der Waals surface area contributed by atoms with Crippen LogP contribution in [0.2, 0.25) is 0 Å². The Kier molecular flexibility index (Phi) is 3.55. The molecular weight excluding hydrogens is 308 g/mol. The molecule has 0 unspecified atom stereocenters. The van der Waals surface area contributed by atoms with E-state index in [1.54, 1.807) is 16.7 Å². The van der Waals surface area contributed by atoms with E-state index in [9.17, 15) is 9.59 Å². The molecule has 2 aromatic rings. The molecule has 7 heteroatoms. The fraction of sp³-hybridized carbons (Fsp3) is 0.412. The van der Waals surface area contributed by atoms with Crippen molar-refractivity contribution in [3.05, 3.63) is 47.1 Å². The molecule has 0 bridgehead atoms. The van der Waals surface area contributed by atoms with E-state index in [1.165, 1.54) is 0 Å². The van der Waals surface area contributed by atoms with Crippen LogP contribution in [0.5, 0.6) is 0 Å². The Labute approximate surface area is 139 Å². The van der Waals surface area contributed by atoms with E-state index in [2.05, 4.69) is 10.1 Å². The van der Waals surface area contributed by atoms with E-state index in [1.807, 2.05) is 24.3 Å². The van der Waals surface area contributed by atoms with Gasteiger partial charge in [0.2, 0.25) is 11.8 Å². The van der Waals surface area contributed by atoms with Gasteiger partial charge < -0.3 is 14.3 Å². The zero-order valence-electron chi connectivity index (χ0n) is 13.4. The van der Waals surface area contributed by atoms with Gasteiger partial charge in [0.05, 0.1) is 5.92 Å². The lowest BCUT2D eigenvalue weighted by Crippen LogP contribution is -2.53. The first-order valence-electron chi connectivity index (χ1n) is 8.07. The first kappa shape index (κ1) is 14.9. The predicted molar refractivity (Wildman–Crippen MR) is 84.4 cm³/mol. The van der Waals surface area contributed by atoms with Crippen molar-refractivity contribution in [3.8, 4) is 0 Å². The third kappa shape index (κ3) is 2.55. The predicted octanol–water partition coefficient (Wildman–Crippen LogP) is 1.00. The zero-order chi connectivity index (χ0) is 16.7. The molecule has 0 saturated carbocycles. The third-order valence-electron chi connectivity index (χ3n) is 4.64. The molecule has 2 aliphatic heterocycles. The average Bonchev–Trinajstić information content (AvgIpc) is 2.95. The van der Waals surface area contributed by atoms with E-state index in [4.69, 9.17) is 4.52 Å². The third-order valence-corrected chi connectivity index (χ3v) is 4.64. The van der Waals surface area contributed by atoms with Crippen molar-refractivity contribution in [1.82, 2.24) is 19.9 Å². The number of carbonyl (C=O) groups excluding carboxylic acids is 2. The van der Waals surface area contributed by atoms with Crippen LogP contribution in [0.3, 0.4) is 0 Å². The smallest absolute Gasteiger partial charge is 0.254 e. The van der Waals surface area contributed by atoms with Crippen molar-refractivity contribution in [2.45, 2.75) is 19.3 Å². The number of rotatable bonds is 3. The highest BCUT2D eigenvalue weighted by Crippen LogP contribution is 2.26. The summed E-state index contributed by atoms with van der Waals surface area (Å²) >= 11 is 0. The summed E-state index contributed by atoms with van der Waals surface area (Å²) in [6, 6.07) is 7.59. The summed E-state index contributed by atoms with van der Waals surface area (Å²) in [5.41, 5.74) is 1.77. The standard InChI is InChI=1S/C17H18N4O3/c1-11-18-16(24-19-11)13-8-21(9-13)15(22)10-20-7-6-12-4-2-3-5-14(12)17(20)23/h2-5,13H,6-10H2,1H3. The molecule has 0 N–H and O–H groups in total. The molecule has 2 amide bonds. The summed E-state index contributed by atoms with van der Waals surface area (Å²) in [7, 11) is 0. The summed E-state index contributed by atoms with van der Waals surface area (Å²) in [4.78, 5) is 32.5. The van der Waals surface area contributed by atoms with E-state index in [-0.39, 0.29) is 24.3 Å². The molecule has 1 aromatic carbocycles. The number of amides is 2. The van der Waals surface area contributed by atoms with Crippen LogP contribution >= 0.6 is 0 Å². The monoisotopic (exact) mass is 326 g/mol. The molecule has 0 radical (unpaired) electrons. The van der Waals surface area contributed by atoms with Crippen LogP contribution in [0.25, 0.3) is 0 Å². The van der Waals surface area contributed by atoms with E-state index >= 15 is 0 Å². The Balaban J connectivity index is 1.35. The second-order valence-corrected chi connectivity index (χ2v) is 6.31. The maximum absolute atomic E-state index is 12.5. The highest BCUT2D eigenvalue weighted by atomic mass is 16.5. The van der Waals surface area contributed by atoms with Gasteiger partial charge in [0.1, 0.15) is 6.54 Å². The average molecular weight is 326 g/mol. The minimum atomic E-state index is -0.0604. The summed E-state index contributed by atoms with van der Waals surface area (Å²) in [5, 5.41) is 3.77. The van der Waals surface area contributed by atoms with Crippen molar-refractivity contribution in [2.75, 3.05) is 26.2 Å². The van der Waals surface area contributed by atoms with Gasteiger partial charge in [-0.3, -0.25) is 9.59 Å². The number of hydrogen-bond donors (Lipinski definition) is 0. The first-order chi connectivity index (χ1) is 11.6. The molecule has 0 atom stereocenters. The summed E-state index contributed by atoms with van der Waals surface area (Å²) in [5.74, 6) is 1.20. The van der Waals surface area contributed by atoms with Crippen molar-refractivity contribution in [2.24, 2.45) is 0 Å². The van der Waals surface area contributed by atoms with Gasteiger partial charge in [0, 0.05) is 25.2 Å². The first-order valence-corrected chi connectivity index (χ1v) is 8.07. The van der Waals surface area contributed by atoms with Crippen LogP contribution in [0.1, 0.15) is 33.6 Å². The molecule has 3 heterocycles. The molecule has 1 aromatic heterocycles. The number of likely N-dealkylation sites (tertiary alicyclic amines) is 1. The molecule has 0 aliphatic carbocycles. The van der Waals surface area contributed by atoms with Gasteiger partial charge in [-0.1, -0.05) is 23.4 Å². The van der Waals surface area contributed by atoms with Gasteiger partial charge in [-0.05, 0) is 25.0 Å². The molecule has 4 rings (SSSR count). The van der Waals surface area contributed by atoms with Gasteiger partial charge in [0.25, 0.3) is 5.91 Å². The summed E-state index contributed by atoms with van der Waals surface area (Å²) in [6.45, 7) is 3.62. The molecule has 2 aliphatic rings. The number of carbonyl (C=O) groups is 2. The molecule has 1 fully saturated rings. The highest BCUT2D eigenvalue weighted by Gasteiger charge is 2.36. The number of fused-ring (bicyclic) bond motifs is 1. The maximum Gasteiger partial charge on any atom is 0.254 e. The van der Waals surface area contributed by atoms with Crippen LogP contribution in [0.4, 0.5) is 0 Å². The van der Waals surface area contributed by atoms with Crippen molar-refractivity contribution in [1.29, 1.82) is 0 Å². The topological polar surface area (TPSA) is 79.5 Å². The second-order valence-electron chi connectivity index (χ2n) is 6.31. The molecule has 0 spiro atoms. The second kappa shape index (κ2) is 5.74. The van der Waals surface area contributed by atoms with Gasteiger partial charge in [-0.2, -0.15) is 4.98 Å². The number of aryl methyl sites for hydroxylation is 1. The lowest BCUT2D eigenvalue weighted by molar-refractivity contribution is -0.136. The van der Waals surface area contributed by atoms with Gasteiger partial charge >= 0.3 is 0 Å². The Morgan fingerprint density at radius 3 is 2.88 bits per heavy atom. The lowest BCUT2D eigenvalue weighted by atomic mass is 9.98. The number of benzene rings is 1. The number of aromatic nitrogens is 2. The van der Waals surface area contributed by atoms with E-state index in [0.717, 1.165) is 12.0 Å². The van der Waals surface area contributed by atoms with E-state index < -0.39 is 0 Å². The summed E-state index contributed by atoms with van der Waals surface area (Å²) in [6.07, 6.45) is 0.791. The fourth-order valence-electron chi connectivity index (χ4n) is 3.21. The van der Waals surface area contributed by atoms with Crippen LogP contribution in [-0.4, -0.2) is 57.9 Å². The van der Waals surface area contributed by atoms with Crippen LogP contribution in [-0.2, 0) is 11.2 Å². The minimum absolute atomic E-state index is 0.0322. The Hall–Kier alpha value is -2.70. The number of hydrogen-bond acceptors (Lipinski definition) is 5. The van der Waals surface area contributed by atoms with Crippen LogP contribution in [0, 0.1) is 6.92 Å². The SMILES string of the molecule is Cc1noc(C2CN(C(=O)CN3CCc4ccccc4C3=O)C2)n1.